The van der Waals surface area contributed by atoms with Gasteiger partial charge in [-0.2, -0.15) is 0 Å². The number of ether oxygens (including phenoxy) is 1. The van der Waals surface area contributed by atoms with E-state index in [9.17, 15) is 8.42 Å². The molecule has 0 saturated carbocycles. The number of nitrogens with one attached hydrogen (secondary N) is 1. The minimum Gasteiger partial charge on any atom is -0.381 e. The Balaban J connectivity index is 1.85. The fraction of sp³-hybridized carbons (Fsp3) is 0.909. The third-order valence-electron chi connectivity index (χ3n) is 3.40. The lowest BCUT2D eigenvalue weighted by atomic mass is 9.93. The SMILES string of the molecule is CCS(=O)(=O)CCN=C1NC2(CCOCC2)CS1. The lowest BCUT2D eigenvalue weighted by Gasteiger charge is -2.32. The monoisotopic (exact) mass is 292 g/mol. The van der Waals surface area contributed by atoms with Crippen LogP contribution in [-0.4, -0.2) is 56.1 Å². The number of thioether (sulfide) groups is 1. The smallest absolute Gasteiger partial charge is 0.157 e. The summed E-state index contributed by atoms with van der Waals surface area (Å²) >= 11 is 1.69. The average molecular weight is 292 g/mol. The molecule has 0 unspecified atom stereocenters. The highest BCUT2D eigenvalue weighted by Crippen LogP contribution is 2.31. The molecule has 2 aliphatic rings. The van der Waals surface area contributed by atoms with Crippen molar-refractivity contribution in [3.63, 3.8) is 0 Å². The first-order valence-corrected chi connectivity index (χ1v) is 9.10. The van der Waals surface area contributed by atoms with Gasteiger partial charge in [-0.1, -0.05) is 18.7 Å². The summed E-state index contributed by atoms with van der Waals surface area (Å²) in [7, 11) is -2.91. The van der Waals surface area contributed by atoms with Crippen LogP contribution in [-0.2, 0) is 14.6 Å². The number of rotatable bonds is 4. The number of amidine groups is 1. The number of sulfone groups is 1. The molecule has 0 aliphatic carbocycles. The fourth-order valence-electron chi connectivity index (χ4n) is 2.05. The van der Waals surface area contributed by atoms with Gasteiger partial charge < -0.3 is 10.1 Å². The molecule has 0 amide bonds. The number of nitrogens with zero attached hydrogens (tertiary/aromatic N) is 1. The van der Waals surface area contributed by atoms with E-state index in [0.29, 0.717) is 6.54 Å². The summed E-state index contributed by atoms with van der Waals surface area (Å²) in [5.74, 6) is 1.35. The van der Waals surface area contributed by atoms with Crippen LogP contribution in [0.15, 0.2) is 4.99 Å². The molecule has 2 aliphatic heterocycles. The molecular weight excluding hydrogens is 272 g/mol. The van der Waals surface area contributed by atoms with E-state index in [4.69, 9.17) is 4.74 Å². The van der Waals surface area contributed by atoms with Crippen molar-refractivity contribution in [2.75, 3.05) is 37.0 Å². The predicted octanol–water partition coefficient (Wildman–Crippen LogP) is 0.663. The van der Waals surface area contributed by atoms with Gasteiger partial charge in [0.2, 0.25) is 0 Å². The van der Waals surface area contributed by atoms with Crippen LogP contribution in [0.5, 0.6) is 0 Å². The van der Waals surface area contributed by atoms with Crippen LogP contribution in [0.25, 0.3) is 0 Å². The topological polar surface area (TPSA) is 67.8 Å². The maximum atomic E-state index is 11.4. The van der Waals surface area contributed by atoms with Crippen molar-refractivity contribution in [1.29, 1.82) is 0 Å². The van der Waals surface area contributed by atoms with Crippen LogP contribution in [0.2, 0.25) is 0 Å². The molecule has 104 valence electrons. The molecule has 1 spiro atoms. The molecule has 2 rings (SSSR count). The molecule has 2 heterocycles. The van der Waals surface area contributed by atoms with Gasteiger partial charge in [-0.3, -0.25) is 4.99 Å². The maximum absolute atomic E-state index is 11.4. The summed E-state index contributed by atoms with van der Waals surface area (Å²) < 4.78 is 28.1. The molecule has 0 aromatic carbocycles. The van der Waals surface area contributed by atoms with Crippen LogP contribution in [0.3, 0.4) is 0 Å². The Bertz CT molecular complexity index is 414. The number of hydrogen-bond donors (Lipinski definition) is 1. The minimum atomic E-state index is -2.91. The Hall–Kier alpha value is -0.270. The molecule has 7 heteroatoms. The first kappa shape index (κ1) is 14.1. The highest BCUT2D eigenvalue weighted by Gasteiger charge is 2.38. The van der Waals surface area contributed by atoms with E-state index in [2.05, 4.69) is 10.3 Å². The van der Waals surface area contributed by atoms with Crippen molar-refractivity contribution < 1.29 is 13.2 Å². The van der Waals surface area contributed by atoms with Crippen LogP contribution < -0.4 is 5.32 Å². The van der Waals surface area contributed by atoms with Gasteiger partial charge in [0, 0.05) is 24.7 Å². The van der Waals surface area contributed by atoms with E-state index in [1.165, 1.54) is 0 Å². The van der Waals surface area contributed by atoms with Crippen LogP contribution in [0.4, 0.5) is 0 Å². The molecule has 0 aromatic rings. The first-order chi connectivity index (χ1) is 8.55. The molecule has 0 radical (unpaired) electrons. The zero-order chi connectivity index (χ0) is 13.1. The van der Waals surface area contributed by atoms with Crippen LogP contribution in [0.1, 0.15) is 19.8 Å². The van der Waals surface area contributed by atoms with E-state index in [1.807, 2.05) is 0 Å². The van der Waals surface area contributed by atoms with Gasteiger partial charge in [-0.05, 0) is 12.8 Å². The zero-order valence-corrected chi connectivity index (χ0v) is 12.3. The second-order valence-corrected chi connectivity index (χ2v) is 8.17. The van der Waals surface area contributed by atoms with E-state index in [1.54, 1.807) is 18.7 Å². The Morgan fingerprint density at radius 1 is 1.44 bits per heavy atom. The predicted molar refractivity (Wildman–Crippen MR) is 75.0 cm³/mol. The van der Waals surface area contributed by atoms with E-state index in [-0.39, 0.29) is 17.0 Å². The van der Waals surface area contributed by atoms with Crippen LogP contribution in [0, 0.1) is 0 Å². The summed E-state index contributed by atoms with van der Waals surface area (Å²) in [5, 5.41) is 4.34. The largest absolute Gasteiger partial charge is 0.381 e. The van der Waals surface area contributed by atoms with Crippen molar-refractivity contribution in [1.82, 2.24) is 5.32 Å². The van der Waals surface area contributed by atoms with Gasteiger partial charge in [0.1, 0.15) is 0 Å². The molecule has 18 heavy (non-hydrogen) atoms. The lowest BCUT2D eigenvalue weighted by Crippen LogP contribution is -2.48. The summed E-state index contributed by atoms with van der Waals surface area (Å²) in [6.45, 7) is 3.62. The van der Waals surface area contributed by atoms with Crippen LogP contribution >= 0.6 is 11.8 Å². The van der Waals surface area contributed by atoms with Gasteiger partial charge in [0.25, 0.3) is 0 Å². The van der Waals surface area contributed by atoms with Gasteiger partial charge >= 0.3 is 0 Å². The molecule has 2 saturated heterocycles. The molecule has 2 fully saturated rings. The third kappa shape index (κ3) is 3.61. The third-order valence-corrected chi connectivity index (χ3v) is 6.29. The average Bonchev–Trinajstić information content (AvgIpc) is 2.73. The summed E-state index contributed by atoms with van der Waals surface area (Å²) in [4.78, 5) is 4.35. The Labute approximate surface area is 113 Å². The van der Waals surface area contributed by atoms with Crippen molar-refractivity contribution in [3.05, 3.63) is 0 Å². The Kier molecular flexibility index (Phi) is 4.55. The highest BCUT2D eigenvalue weighted by atomic mass is 32.2. The van der Waals surface area contributed by atoms with Gasteiger partial charge in [-0.15, -0.1) is 0 Å². The van der Waals surface area contributed by atoms with Crippen molar-refractivity contribution in [2.24, 2.45) is 4.99 Å². The maximum Gasteiger partial charge on any atom is 0.157 e. The molecule has 0 aromatic heterocycles. The van der Waals surface area contributed by atoms with Crippen molar-refractivity contribution in [2.45, 2.75) is 25.3 Å². The van der Waals surface area contributed by atoms with Gasteiger partial charge in [-0.25, -0.2) is 8.42 Å². The molecule has 0 atom stereocenters. The standard InChI is InChI=1S/C11H20N2O3S2/c1-2-18(14,15)8-5-12-10-13-11(9-17-10)3-6-16-7-4-11/h2-9H2,1H3,(H,12,13). The normalized spacial score (nSPS) is 25.5. The second kappa shape index (κ2) is 5.79. The molecule has 0 bridgehead atoms. The van der Waals surface area contributed by atoms with Gasteiger partial charge in [0.15, 0.2) is 15.0 Å². The lowest BCUT2D eigenvalue weighted by molar-refractivity contribution is 0.0555. The van der Waals surface area contributed by atoms with Gasteiger partial charge in [0.05, 0.1) is 17.8 Å². The first-order valence-electron chi connectivity index (χ1n) is 6.29. The fourth-order valence-corrected chi connectivity index (χ4v) is 3.96. The van der Waals surface area contributed by atoms with Crippen molar-refractivity contribution in [3.8, 4) is 0 Å². The van der Waals surface area contributed by atoms with E-state index in [0.717, 1.165) is 37.0 Å². The van der Waals surface area contributed by atoms with E-state index < -0.39 is 9.84 Å². The Morgan fingerprint density at radius 3 is 2.83 bits per heavy atom. The Morgan fingerprint density at radius 2 is 2.17 bits per heavy atom. The van der Waals surface area contributed by atoms with E-state index >= 15 is 0 Å². The highest BCUT2D eigenvalue weighted by molar-refractivity contribution is 8.14. The minimum absolute atomic E-state index is 0.130. The second-order valence-electron chi connectivity index (χ2n) is 4.73. The molecule has 5 nitrogen and oxygen atoms in total. The van der Waals surface area contributed by atoms with Crippen molar-refractivity contribution >= 4 is 26.8 Å². The number of hydrogen-bond acceptors (Lipinski definition) is 5. The quantitative estimate of drug-likeness (QED) is 0.824. The summed E-state index contributed by atoms with van der Waals surface area (Å²) in [5.41, 5.74) is 0.130. The number of aliphatic imine (C=N–C) groups is 1. The molecule has 1 N–H and O–H groups in total. The summed E-state index contributed by atoms with van der Waals surface area (Å²) in [6.07, 6.45) is 2.01. The summed E-state index contributed by atoms with van der Waals surface area (Å²) in [6, 6.07) is 0. The zero-order valence-electron chi connectivity index (χ0n) is 10.6. The molecular formula is C11H20N2O3S2.